The van der Waals surface area contributed by atoms with E-state index in [1.165, 1.54) is 0 Å². The van der Waals surface area contributed by atoms with Crippen LogP contribution < -0.4 is 4.43 Å². The Labute approximate surface area is 115 Å². The molecule has 1 aromatic heterocycles. The summed E-state index contributed by atoms with van der Waals surface area (Å²) in [5.41, 5.74) is 2.02. The molecule has 2 aromatic rings. The molecular weight excluding hydrogens is 254 g/mol. The first-order chi connectivity index (χ1) is 9.16. The first kappa shape index (κ1) is 13.5. The number of hydrogen-bond acceptors (Lipinski definition) is 3. The third-order valence-electron chi connectivity index (χ3n) is 2.63. The van der Waals surface area contributed by atoms with Crippen molar-refractivity contribution in [2.45, 2.75) is 19.5 Å². The van der Waals surface area contributed by atoms with E-state index in [0.717, 1.165) is 23.6 Å². The van der Waals surface area contributed by atoms with E-state index < -0.39 is 9.04 Å². The Morgan fingerprint density at radius 3 is 2.79 bits per heavy atom. The molecule has 0 saturated heterocycles. The van der Waals surface area contributed by atoms with Crippen molar-refractivity contribution >= 4 is 20.9 Å². The summed E-state index contributed by atoms with van der Waals surface area (Å²) in [7, 11) is 1.16. The highest BCUT2D eigenvalue weighted by atomic mass is 28.3. The van der Waals surface area contributed by atoms with E-state index in [1.807, 2.05) is 48.3 Å². The van der Waals surface area contributed by atoms with Crippen LogP contribution in [0.25, 0.3) is 0 Å². The number of para-hydroxylation sites is 2. The summed E-state index contributed by atoms with van der Waals surface area (Å²) in [5.74, 6) is 0.864. The van der Waals surface area contributed by atoms with Gasteiger partial charge in [0.25, 0.3) is 9.04 Å². The predicted molar refractivity (Wildman–Crippen MR) is 79.6 cm³/mol. The predicted octanol–water partition coefficient (Wildman–Crippen LogP) is 3.00. The van der Waals surface area contributed by atoms with Gasteiger partial charge in [0, 0.05) is 31.6 Å². The van der Waals surface area contributed by atoms with Crippen LogP contribution in [-0.4, -0.2) is 25.0 Å². The second kappa shape index (κ2) is 6.33. The molecule has 0 aliphatic rings. The molecular formula is C14H18N3OSi. The molecule has 5 heteroatoms. The van der Waals surface area contributed by atoms with E-state index in [0.29, 0.717) is 0 Å². The van der Waals surface area contributed by atoms with Crippen molar-refractivity contribution in [3.63, 3.8) is 0 Å². The molecule has 1 aromatic carbocycles. The van der Waals surface area contributed by atoms with Gasteiger partial charge in [-0.05, 0) is 31.3 Å². The number of rotatable bonds is 5. The highest BCUT2D eigenvalue weighted by Crippen LogP contribution is 2.27. The highest BCUT2D eigenvalue weighted by molar-refractivity contribution is 6.49. The normalized spacial score (nSPS) is 11.4. The van der Waals surface area contributed by atoms with Crippen molar-refractivity contribution in [1.82, 2.24) is 9.78 Å². The number of nitrogens with zero attached hydrogens (tertiary/aromatic N) is 3. The van der Waals surface area contributed by atoms with Crippen LogP contribution in [0.1, 0.15) is 5.69 Å². The summed E-state index contributed by atoms with van der Waals surface area (Å²) >= 11 is 0. The van der Waals surface area contributed by atoms with E-state index >= 15 is 0 Å². The molecule has 0 amide bonds. The van der Waals surface area contributed by atoms with Gasteiger partial charge < -0.3 is 4.43 Å². The zero-order valence-electron chi connectivity index (χ0n) is 11.5. The first-order valence-electron chi connectivity index (χ1n) is 6.23. The summed E-state index contributed by atoms with van der Waals surface area (Å²) in [5, 5.41) is 4.13. The summed E-state index contributed by atoms with van der Waals surface area (Å²) < 4.78 is 7.68. The molecule has 0 atom stereocenters. The van der Waals surface area contributed by atoms with Crippen LogP contribution in [0.2, 0.25) is 13.1 Å². The topological polar surface area (TPSA) is 39.4 Å². The number of aliphatic imine (C=N–C) groups is 1. The smallest absolute Gasteiger partial charge is 0.274 e. The maximum Gasteiger partial charge on any atom is 0.274 e. The first-order valence-corrected chi connectivity index (χ1v) is 8.64. The van der Waals surface area contributed by atoms with Crippen LogP contribution in [0.15, 0.2) is 41.5 Å². The van der Waals surface area contributed by atoms with E-state index in [9.17, 15) is 0 Å². The van der Waals surface area contributed by atoms with Crippen LogP contribution in [0.5, 0.6) is 5.75 Å². The third-order valence-corrected chi connectivity index (χ3v) is 3.26. The second-order valence-electron chi connectivity index (χ2n) is 4.44. The molecule has 0 unspecified atom stereocenters. The maximum atomic E-state index is 5.83. The Morgan fingerprint density at radius 2 is 2.11 bits per heavy atom. The molecule has 0 saturated carbocycles. The maximum absolute atomic E-state index is 5.83. The molecule has 1 heterocycles. The average Bonchev–Trinajstić information content (AvgIpc) is 2.77. The largest absolute Gasteiger partial charge is 0.541 e. The lowest BCUT2D eigenvalue weighted by molar-refractivity contribution is 0.582. The minimum atomic E-state index is -0.771. The van der Waals surface area contributed by atoms with E-state index in [1.54, 1.807) is 6.20 Å². The summed E-state index contributed by atoms with van der Waals surface area (Å²) in [6.07, 6.45) is 4.46. The van der Waals surface area contributed by atoms with Gasteiger partial charge in [-0.3, -0.25) is 9.67 Å². The van der Waals surface area contributed by atoms with E-state index in [-0.39, 0.29) is 0 Å². The van der Waals surface area contributed by atoms with Gasteiger partial charge in [0.15, 0.2) is 0 Å². The van der Waals surface area contributed by atoms with Crippen molar-refractivity contribution in [2.24, 2.45) is 12.0 Å². The van der Waals surface area contributed by atoms with Crippen LogP contribution in [-0.2, 0) is 13.5 Å². The van der Waals surface area contributed by atoms with Crippen LogP contribution >= 0.6 is 0 Å². The van der Waals surface area contributed by atoms with Crippen molar-refractivity contribution in [1.29, 1.82) is 0 Å². The number of benzene rings is 1. The Balaban J connectivity index is 2.08. The highest BCUT2D eigenvalue weighted by Gasteiger charge is 2.04. The van der Waals surface area contributed by atoms with Crippen molar-refractivity contribution in [3.05, 3.63) is 42.2 Å². The lowest BCUT2D eigenvalue weighted by atomic mass is 10.3. The molecule has 19 heavy (non-hydrogen) atoms. The quantitative estimate of drug-likeness (QED) is 0.620. The molecule has 99 valence electrons. The van der Waals surface area contributed by atoms with Gasteiger partial charge in [-0.2, -0.15) is 5.10 Å². The van der Waals surface area contributed by atoms with Gasteiger partial charge in [-0.15, -0.1) is 0 Å². The standard InChI is InChI=1S/C14H18N3OSi/c1-17-12(9-11-16-17)8-10-15-13-6-4-5-7-14(13)18-19(2)3/h4-7,9-11H,8H2,1-3H3. The minimum absolute atomic E-state index is 0.765. The molecule has 1 radical (unpaired) electrons. The number of aryl methyl sites for hydroxylation is 1. The molecule has 0 N–H and O–H groups in total. The third kappa shape index (κ3) is 3.79. The van der Waals surface area contributed by atoms with Crippen LogP contribution in [0, 0.1) is 0 Å². The molecule has 2 rings (SSSR count). The van der Waals surface area contributed by atoms with Crippen LogP contribution in [0.3, 0.4) is 0 Å². The molecule has 4 nitrogen and oxygen atoms in total. The Bertz CT molecular complexity index is 563. The van der Waals surface area contributed by atoms with Gasteiger partial charge in [0.2, 0.25) is 0 Å². The van der Waals surface area contributed by atoms with Gasteiger partial charge >= 0.3 is 0 Å². The van der Waals surface area contributed by atoms with Gasteiger partial charge in [-0.25, -0.2) is 0 Å². The van der Waals surface area contributed by atoms with Gasteiger partial charge in [0.1, 0.15) is 11.4 Å². The monoisotopic (exact) mass is 272 g/mol. The lowest BCUT2D eigenvalue weighted by Crippen LogP contribution is -2.11. The molecule has 0 spiro atoms. The van der Waals surface area contributed by atoms with Crippen molar-refractivity contribution < 1.29 is 4.43 Å². The summed E-state index contributed by atoms with van der Waals surface area (Å²) in [6.45, 7) is 4.22. The van der Waals surface area contributed by atoms with Gasteiger partial charge in [0.05, 0.1) is 0 Å². The minimum Gasteiger partial charge on any atom is -0.541 e. The Hall–Kier alpha value is -1.88. The van der Waals surface area contributed by atoms with Crippen molar-refractivity contribution in [2.75, 3.05) is 0 Å². The Kier molecular flexibility index (Phi) is 4.51. The Morgan fingerprint density at radius 1 is 1.32 bits per heavy atom. The zero-order chi connectivity index (χ0) is 13.7. The van der Waals surface area contributed by atoms with E-state index in [2.05, 4.69) is 23.2 Å². The SMILES string of the molecule is Cn1nccc1CC=Nc1ccccc1O[Si](C)C. The summed E-state index contributed by atoms with van der Waals surface area (Å²) in [4.78, 5) is 4.50. The fraction of sp³-hybridized carbons (Fsp3) is 0.286. The molecule has 0 bridgehead atoms. The zero-order valence-corrected chi connectivity index (χ0v) is 12.5. The van der Waals surface area contributed by atoms with E-state index in [4.69, 9.17) is 4.43 Å². The summed E-state index contributed by atoms with van der Waals surface area (Å²) in [6, 6.07) is 9.88. The fourth-order valence-corrected chi connectivity index (χ4v) is 2.32. The van der Waals surface area contributed by atoms with Crippen molar-refractivity contribution in [3.8, 4) is 5.75 Å². The molecule has 0 fully saturated rings. The van der Waals surface area contributed by atoms with Gasteiger partial charge in [-0.1, -0.05) is 12.1 Å². The van der Waals surface area contributed by atoms with Crippen LogP contribution in [0.4, 0.5) is 5.69 Å². The molecule has 0 aliphatic carbocycles. The number of aromatic nitrogens is 2. The molecule has 0 aliphatic heterocycles. The second-order valence-corrected chi connectivity index (χ2v) is 6.46. The average molecular weight is 272 g/mol. The fourth-order valence-electron chi connectivity index (χ4n) is 1.71. The lowest BCUT2D eigenvalue weighted by Gasteiger charge is -2.10. The number of hydrogen-bond donors (Lipinski definition) is 0.